The van der Waals surface area contributed by atoms with E-state index in [0.29, 0.717) is 17.7 Å². The molecule has 108 valence electrons. The first kappa shape index (κ1) is 16.2. The van der Waals surface area contributed by atoms with E-state index < -0.39 is 10.8 Å². The van der Waals surface area contributed by atoms with Crippen molar-refractivity contribution < 1.29 is 8.95 Å². The molecule has 0 aromatic heterocycles. The van der Waals surface area contributed by atoms with Crippen LogP contribution in [-0.2, 0) is 10.8 Å². The van der Waals surface area contributed by atoms with Gasteiger partial charge < -0.3 is 10.1 Å². The normalized spacial score (nSPS) is 15.8. The van der Waals surface area contributed by atoms with Gasteiger partial charge in [0, 0.05) is 16.7 Å². The molecule has 0 aliphatic rings. The molecule has 3 nitrogen and oxygen atoms in total. The number of nitrogens with one attached hydrogen (secondary N) is 1. The van der Waals surface area contributed by atoms with Crippen LogP contribution in [0.4, 0.5) is 0 Å². The van der Waals surface area contributed by atoms with Gasteiger partial charge in [0.1, 0.15) is 5.75 Å². The van der Waals surface area contributed by atoms with Gasteiger partial charge in [-0.1, -0.05) is 27.2 Å². The van der Waals surface area contributed by atoms with E-state index in [1.54, 1.807) is 7.11 Å². The summed E-state index contributed by atoms with van der Waals surface area (Å²) in [7, 11) is 0.670. The van der Waals surface area contributed by atoms with Gasteiger partial charge >= 0.3 is 0 Å². The van der Waals surface area contributed by atoms with E-state index in [2.05, 4.69) is 26.1 Å². The summed E-state index contributed by atoms with van der Waals surface area (Å²) in [5, 5.41) is 3.44. The minimum absolute atomic E-state index is 0.304. The van der Waals surface area contributed by atoms with Gasteiger partial charge in [-0.3, -0.25) is 4.21 Å². The van der Waals surface area contributed by atoms with Crippen LogP contribution >= 0.6 is 0 Å². The molecule has 0 spiro atoms. The standard InChI is InChI=1S/C15H25NO2S/c1-5-12(3)15(16-6-2)11-19(17)14-9-7-13(18-4)8-10-14/h7-10,12,15-16H,5-6,11H2,1-4H3. The topological polar surface area (TPSA) is 38.3 Å². The second kappa shape index (κ2) is 8.33. The van der Waals surface area contributed by atoms with Crippen LogP contribution in [0.2, 0.25) is 0 Å². The van der Waals surface area contributed by atoms with Gasteiger partial charge in [0.2, 0.25) is 0 Å². The molecule has 0 heterocycles. The van der Waals surface area contributed by atoms with Gasteiger partial charge in [-0.15, -0.1) is 0 Å². The lowest BCUT2D eigenvalue weighted by Gasteiger charge is -2.23. The molecular weight excluding hydrogens is 258 g/mol. The molecule has 0 saturated carbocycles. The molecule has 1 rings (SSSR count). The smallest absolute Gasteiger partial charge is 0.118 e. The van der Waals surface area contributed by atoms with Crippen molar-refractivity contribution in [2.24, 2.45) is 5.92 Å². The maximum absolute atomic E-state index is 12.4. The summed E-state index contributed by atoms with van der Waals surface area (Å²) in [6.45, 7) is 7.38. The van der Waals surface area contributed by atoms with Crippen molar-refractivity contribution in [1.82, 2.24) is 5.32 Å². The Morgan fingerprint density at radius 2 is 1.89 bits per heavy atom. The minimum Gasteiger partial charge on any atom is -0.497 e. The monoisotopic (exact) mass is 283 g/mol. The minimum atomic E-state index is -0.965. The molecule has 1 aromatic carbocycles. The Morgan fingerprint density at radius 3 is 2.37 bits per heavy atom. The molecule has 0 fully saturated rings. The van der Waals surface area contributed by atoms with Crippen molar-refractivity contribution in [2.75, 3.05) is 19.4 Å². The average Bonchev–Trinajstić information content (AvgIpc) is 2.46. The van der Waals surface area contributed by atoms with Crippen molar-refractivity contribution in [3.05, 3.63) is 24.3 Å². The second-order valence-corrected chi connectivity index (χ2v) is 6.23. The Kier molecular flexibility index (Phi) is 7.10. The Labute approximate surface area is 119 Å². The van der Waals surface area contributed by atoms with Crippen LogP contribution in [0.15, 0.2) is 29.2 Å². The first-order chi connectivity index (χ1) is 9.12. The number of benzene rings is 1. The Balaban J connectivity index is 2.69. The van der Waals surface area contributed by atoms with Crippen LogP contribution in [0.3, 0.4) is 0 Å². The molecule has 0 radical (unpaired) electrons. The molecule has 0 aliphatic heterocycles. The number of hydrogen-bond donors (Lipinski definition) is 1. The van der Waals surface area contributed by atoms with Crippen molar-refractivity contribution in [2.45, 2.75) is 38.1 Å². The van der Waals surface area contributed by atoms with E-state index in [4.69, 9.17) is 4.74 Å². The maximum Gasteiger partial charge on any atom is 0.118 e. The molecule has 0 bridgehead atoms. The molecule has 4 heteroatoms. The quantitative estimate of drug-likeness (QED) is 0.797. The molecule has 3 atom stereocenters. The van der Waals surface area contributed by atoms with Crippen LogP contribution in [0.1, 0.15) is 27.2 Å². The number of hydrogen-bond acceptors (Lipinski definition) is 3. The van der Waals surface area contributed by atoms with Crippen LogP contribution in [-0.4, -0.2) is 29.7 Å². The second-order valence-electron chi connectivity index (χ2n) is 4.74. The highest BCUT2D eigenvalue weighted by Gasteiger charge is 2.18. The van der Waals surface area contributed by atoms with E-state index in [0.717, 1.165) is 23.6 Å². The van der Waals surface area contributed by atoms with Crippen molar-refractivity contribution in [3.8, 4) is 5.75 Å². The van der Waals surface area contributed by atoms with E-state index in [1.807, 2.05) is 24.3 Å². The zero-order chi connectivity index (χ0) is 14.3. The summed E-state index contributed by atoms with van der Waals surface area (Å²) in [6.07, 6.45) is 1.09. The van der Waals surface area contributed by atoms with Crippen LogP contribution in [0, 0.1) is 5.92 Å². The fourth-order valence-corrected chi connectivity index (χ4v) is 3.36. The zero-order valence-corrected chi connectivity index (χ0v) is 13.1. The van der Waals surface area contributed by atoms with Gasteiger partial charge in [0.05, 0.1) is 17.9 Å². The lowest BCUT2D eigenvalue weighted by molar-refractivity contribution is 0.401. The van der Waals surface area contributed by atoms with E-state index in [1.165, 1.54) is 0 Å². The maximum atomic E-state index is 12.4. The molecule has 0 aliphatic carbocycles. The highest BCUT2D eigenvalue weighted by Crippen LogP contribution is 2.17. The molecule has 0 amide bonds. The first-order valence-corrected chi connectivity index (χ1v) is 8.20. The third-order valence-corrected chi connectivity index (χ3v) is 4.91. The third-order valence-electron chi connectivity index (χ3n) is 3.45. The molecule has 1 N–H and O–H groups in total. The molecule has 1 aromatic rings. The highest BCUT2D eigenvalue weighted by atomic mass is 32.2. The van der Waals surface area contributed by atoms with E-state index >= 15 is 0 Å². The predicted octanol–water partition coefficient (Wildman–Crippen LogP) is 2.83. The fourth-order valence-electron chi connectivity index (χ4n) is 1.96. The first-order valence-electron chi connectivity index (χ1n) is 6.88. The van der Waals surface area contributed by atoms with Crippen LogP contribution in [0.25, 0.3) is 0 Å². The van der Waals surface area contributed by atoms with Crippen molar-refractivity contribution >= 4 is 10.8 Å². The largest absolute Gasteiger partial charge is 0.497 e. The van der Waals surface area contributed by atoms with Crippen LogP contribution < -0.4 is 10.1 Å². The Hall–Kier alpha value is -0.870. The van der Waals surface area contributed by atoms with Crippen molar-refractivity contribution in [3.63, 3.8) is 0 Å². The van der Waals surface area contributed by atoms with Gasteiger partial charge in [-0.05, 0) is 36.7 Å². The molecule has 0 saturated heterocycles. The van der Waals surface area contributed by atoms with Gasteiger partial charge in [0.15, 0.2) is 0 Å². The zero-order valence-electron chi connectivity index (χ0n) is 12.3. The van der Waals surface area contributed by atoms with Gasteiger partial charge in [-0.2, -0.15) is 0 Å². The predicted molar refractivity (Wildman–Crippen MR) is 81.2 cm³/mol. The average molecular weight is 283 g/mol. The van der Waals surface area contributed by atoms with Crippen LogP contribution in [0.5, 0.6) is 5.75 Å². The Morgan fingerprint density at radius 1 is 1.26 bits per heavy atom. The SMILES string of the molecule is CCNC(CS(=O)c1ccc(OC)cc1)C(C)CC. The lowest BCUT2D eigenvalue weighted by Crippen LogP contribution is -2.39. The number of rotatable bonds is 8. The molecular formula is C15H25NO2S. The summed E-state index contributed by atoms with van der Waals surface area (Å²) >= 11 is 0. The fraction of sp³-hybridized carbons (Fsp3) is 0.600. The lowest BCUT2D eigenvalue weighted by atomic mass is 10.0. The number of methoxy groups -OCH3 is 1. The van der Waals surface area contributed by atoms with Gasteiger partial charge in [-0.25, -0.2) is 0 Å². The summed E-state index contributed by atoms with van der Waals surface area (Å²) in [5.41, 5.74) is 0. The summed E-state index contributed by atoms with van der Waals surface area (Å²) < 4.78 is 17.5. The summed E-state index contributed by atoms with van der Waals surface area (Å²) in [5.74, 6) is 1.99. The number of ether oxygens (including phenoxy) is 1. The van der Waals surface area contributed by atoms with Gasteiger partial charge in [0.25, 0.3) is 0 Å². The van der Waals surface area contributed by atoms with E-state index in [-0.39, 0.29) is 0 Å². The van der Waals surface area contributed by atoms with E-state index in [9.17, 15) is 4.21 Å². The molecule has 19 heavy (non-hydrogen) atoms. The molecule has 3 unspecified atom stereocenters. The highest BCUT2D eigenvalue weighted by molar-refractivity contribution is 7.85. The summed E-state index contributed by atoms with van der Waals surface area (Å²) in [4.78, 5) is 0.868. The van der Waals surface area contributed by atoms with Crippen molar-refractivity contribution in [1.29, 1.82) is 0 Å². The third kappa shape index (κ3) is 4.96. The Bertz CT molecular complexity index is 392. The summed E-state index contributed by atoms with van der Waals surface area (Å²) in [6, 6.07) is 7.79.